The summed E-state index contributed by atoms with van der Waals surface area (Å²) in [5, 5.41) is 19.1. The largest absolute Gasteiger partial charge is 0.454 e. The number of aliphatic hydroxyl groups excluding tert-OH is 2. The van der Waals surface area contributed by atoms with Crippen LogP contribution in [0.5, 0.6) is 11.5 Å². The molecule has 2 rings (SSSR count). The number of benzene rings is 1. The summed E-state index contributed by atoms with van der Waals surface area (Å²) in [6.07, 6.45) is 0. The van der Waals surface area contributed by atoms with E-state index in [1.165, 1.54) is 0 Å². The highest BCUT2D eigenvalue weighted by molar-refractivity contribution is 5.44. The average Bonchev–Trinajstić information content (AvgIpc) is 2.87. The van der Waals surface area contributed by atoms with Crippen molar-refractivity contribution >= 4 is 0 Å². The topological polar surface area (TPSA) is 97.0 Å². The SMILES string of the molecule is NCc1ccc2c(c1)OCO2.OCCNCCO. The van der Waals surface area contributed by atoms with E-state index < -0.39 is 0 Å². The minimum Gasteiger partial charge on any atom is -0.454 e. The Balaban J connectivity index is 0.000000203. The number of fused-ring (bicyclic) bond motifs is 1. The van der Waals surface area contributed by atoms with Crippen LogP contribution in [0.4, 0.5) is 0 Å². The van der Waals surface area contributed by atoms with Crippen molar-refractivity contribution in [2.75, 3.05) is 33.1 Å². The summed E-state index contributed by atoms with van der Waals surface area (Å²) in [5.41, 5.74) is 6.51. The molecule has 1 aromatic carbocycles. The van der Waals surface area contributed by atoms with E-state index in [-0.39, 0.29) is 13.2 Å². The van der Waals surface area contributed by atoms with E-state index in [9.17, 15) is 0 Å². The van der Waals surface area contributed by atoms with Crippen LogP contribution >= 0.6 is 0 Å². The molecule has 1 aliphatic heterocycles. The van der Waals surface area contributed by atoms with E-state index in [1.807, 2.05) is 18.2 Å². The number of nitrogens with two attached hydrogens (primary N) is 1. The van der Waals surface area contributed by atoms with Crippen LogP contribution in [0.1, 0.15) is 5.56 Å². The van der Waals surface area contributed by atoms with Crippen molar-refractivity contribution in [1.29, 1.82) is 0 Å². The molecule has 0 aliphatic carbocycles. The first-order chi connectivity index (χ1) is 8.81. The molecular formula is C12H20N2O4. The van der Waals surface area contributed by atoms with Gasteiger partial charge in [-0.05, 0) is 17.7 Å². The smallest absolute Gasteiger partial charge is 0.231 e. The third-order valence-corrected chi connectivity index (χ3v) is 2.25. The molecule has 6 nitrogen and oxygen atoms in total. The fourth-order valence-electron chi connectivity index (χ4n) is 1.35. The zero-order valence-corrected chi connectivity index (χ0v) is 10.3. The molecule has 6 heteroatoms. The lowest BCUT2D eigenvalue weighted by molar-refractivity contribution is 0.174. The van der Waals surface area contributed by atoms with Gasteiger partial charge in [0.1, 0.15) is 0 Å². The highest BCUT2D eigenvalue weighted by Gasteiger charge is 2.11. The van der Waals surface area contributed by atoms with Crippen LogP contribution in [-0.4, -0.2) is 43.3 Å². The average molecular weight is 256 g/mol. The summed E-state index contributed by atoms with van der Waals surface area (Å²) < 4.78 is 10.3. The molecule has 18 heavy (non-hydrogen) atoms. The van der Waals surface area contributed by atoms with Crippen molar-refractivity contribution in [2.24, 2.45) is 5.73 Å². The zero-order valence-electron chi connectivity index (χ0n) is 10.3. The van der Waals surface area contributed by atoms with E-state index >= 15 is 0 Å². The van der Waals surface area contributed by atoms with E-state index in [2.05, 4.69) is 5.32 Å². The van der Waals surface area contributed by atoms with Crippen molar-refractivity contribution in [1.82, 2.24) is 5.32 Å². The summed E-state index contributed by atoms with van der Waals surface area (Å²) in [5.74, 6) is 1.61. The first-order valence-corrected chi connectivity index (χ1v) is 5.82. The van der Waals surface area contributed by atoms with Crippen molar-refractivity contribution in [2.45, 2.75) is 6.54 Å². The van der Waals surface area contributed by atoms with E-state index in [0.29, 0.717) is 26.4 Å². The number of hydrogen-bond donors (Lipinski definition) is 4. The molecule has 1 aliphatic rings. The van der Waals surface area contributed by atoms with E-state index in [4.69, 9.17) is 25.4 Å². The van der Waals surface area contributed by atoms with Crippen molar-refractivity contribution in [3.8, 4) is 11.5 Å². The van der Waals surface area contributed by atoms with Crippen molar-refractivity contribution in [3.05, 3.63) is 23.8 Å². The minimum atomic E-state index is 0.139. The Labute approximate surface area is 106 Å². The third kappa shape index (κ3) is 4.89. The highest BCUT2D eigenvalue weighted by Crippen LogP contribution is 2.32. The van der Waals surface area contributed by atoms with Gasteiger partial charge in [0.15, 0.2) is 11.5 Å². The lowest BCUT2D eigenvalue weighted by Gasteiger charge is -1.97. The summed E-state index contributed by atoms with van der Waals surface area (Å²) in [7, 11) is 0. The second kappa shape index (κ2) is 8.71. The van der Waals surface area contributed by atoms with Crippen LogP contribution in [0.25, 0.3) is 0 Å². The van der Waals surface area contributed by atoms with Gasteiger partial charge in [0.05, 0.1) is 13.2 Å². The Hall–Kier alpha value is -1.34. The second-order valence-corrected chi connectivity index (χ2v) is 3.59. The molecule has 0 fully saturated rings. The molecule has 0 amide bonds. The molecule has 0 saturated carbocycles. The van der Waals surface area contributed by atoms with Gasteiger partial charge in [-0.25, -0.2) is 0 Å². The van der Waals surface area contributed by atoms with Gasteiger partial charge in [-0.1, -0.05) is 6.07 Å². The van der Waals surface area contributed by atoms with Gasteiger partial charge in [0, 0.05) is 19.6 Å². The molecule has 1 heterocycles. The number of nitrogens with one attached hydrogen (secondary N) is 1. The molecule has 0 unspecified atom stereocenters. The lowest BCUT2D eigenvalue weighted by atomic mass is 10.2. The van der Waals surface area contributed by atoms with Crippen LogP contribution in [0.2, 0.25) is 0 Å². The molecule has 0 spiro atoms. The highest BCUT2D eigenvalue weighted by atomic mass is 16.7. The van der Waals surface area contributed by atoms with Gasteiger partial charge in [-0.2, -0.15) is 0 Å². The van der Waals surface area contributed by atoms with Gasteiger partial charge < -0.3 is 30.7 Å². The first kappa shape index (κ1) is 14.7. The quantitative estimate of drug-likeness (QED) is 0.527. The number of ether oxygens (including phenoxy) is 2. The number of rotatable bonds is 5. The maximum atomic E-state index is 8.15. The molecule has 0 saturated heterocycles. The van der Waals surface area contributed by atoms with Crippen molar-refractivity contribution < 1.29 is 19.7 Å². The summed E-state index contributed by atoms with van der Waals surface area (Å²) >= 11 is 0. The Kier molecular flexibility index (Phi) is 7.12. The third-order valence-electron chi connectivity index (χ3n) is 2.25. The van der Waals surface area contributed by atoms with Gasteiger partial charge in [-0.15, -0.1) is 0 Å². The second-order valence-electron chi connectivity index (χ2n) is 3.59. The maximum absolute atomic E-state index is 8.15. The van der Waals surface area contributed by atoms with E-state index in [0.717, 1.165) is 17.1 Å². The van der Waals surface area contributed by atoms with Gasteiger partial charge in [0.2, 0.25) is 6.79 Å². The molecule has 102 valence electrons. The van der Waals surface area contributed by atoms with Gasteiger partial charge in [0.25, 0.3) is 0 Å². The lowest BCUT2D eigenvalue weighted by Crippen LogP contribution is -2.21. The molecule has 0 aromatic heterocycles. The first-order valence-electron chi connectivity index (χ1n) is 5.82. The number of aliphatic hydroxyl groups is 2. The Morgan fingerprint density at radius 2 is 1.78 bits per heavy atom. The minimum absolute atomic E-state index is 0.139. The normalized spacial score (nSPS) is 11.9. The van der Waals surface area contributed by atoms with Crippen LogP contribution in [0.15, 0.2) is 18.2 Å². The fraction of sp³-hybridized carbons (Fsp3) is 0.500. The molecule has 0 atom stereocenters. The summed E-state index contributed by atoms with van der Waals surface area (Å²) in [4.78, 5) is 0. The Morgan fingerprint density at radius 3 is 2.39 bits per heavy atom. The van der Waals surface area contributed by atoms with Crippen LogP contribution in [0, 0.1) is 0 Å². The summed E-state index contributed by atoms with van der Waals surface area (Å²) in [6, 6.07) is 5.72. The van der Waals surface area contributed by atoms with Crippen LogP contribution in [-0.2, 0) is 6.54 Å². The Morgan fingerprint density at radius 1 is 1.11 bits per heavy atom. The van der Waals surface area contributed by atoms with Crippen LogP contribution in [0.3, 0.4) is 0 Å². The molecule has 1 aromatic rings. The molecular weight excluding hydrogens is 236 g/mol. The fourth-order valence-corrected chi connectivity index (χ4v) is 1.35. The number of hydrogen-bond acceptors (Lipinski definition) is 6. The Bertz CT molecular complexity index is 343. The molecule has 0 bridgehead atoms. The van der Waals surface area contributed by atoms with Gasteiger partial charge in [-0.3, -0.25) is 0 Å². The standard InChI is InChI=1S/C8H9NO2.C4H11NO2/c9-4-6-1-2-7-8(3-6)11-5-10-7;6-3-1-5-2-4-7/h1-3H,4-5,9H2;5-7H,1-4H2. The van der Waals surface area contributed by atoms with E-state index in [1.54, 1.807) is 0 Å². The maximum Gasteiger partial charge on any atom is 0.231 e. The predicted octanol–water partition coefficient (Wildman–Crippen LogP) is -0.565. The van der Waals surface area contributed by atoms with Crippen molar-refractivity contribution in [3.63, 3.8) is 0 Å². The molecule has 5 N–H and O–H groups in total. The molecule has 0 radical (unpaired) electrons. The zero-order chi connectivity index (χ0) is 13.2. The summed E-state index contributed by atoms with van der Waals surface area (Å²) in [6.45, 7) is 2.28. The van der Waals surface area contributed by atoms with Crippen LogP contribution < -0.4 is 20.5 Å². The van der Waals surface area contributed by atoms with Gasteiger partial charge >= 0.3 is 0 Å². The monoisotopic (exact) mass is 256 g/mol. The predicted molar refractivity (Wildman–Crippen MR) is 67.5 cm³/mol.